The first kappa shape index (κ1) is 10.7. The van der Waals surface area contributed by atoms with Gasteiger partial charge in [-0.25, -0.2) is 9.36 Å². The first-order valence-corrected chi connectivity index (χ1v) is 4.77. The fourth-order valence-corrected chi connectivity index (χ4v) is 1.37. The summed E-state index contributed by atoms with van der Waals surface area (Å²) < 4.78 is 2.55. The van der Waals surface area contributed by atoms with Crippen LogP contribution in [-0.4, -0.2) is 42.5 Å². The molecular formula is C8H12N6O2. The number of nitrogens with two attached hydrogens (primary N) is 1. The SMILES string of the molecule is Cn1ncc2c(=O)n(CC(O)CN)nnc21. The van der Waals surface area contributed by atoms with Crippen molar-refractivity contribution in [1.82, 2.24) is 24.8 Å². The van der Waals surface area contributed by atoms with E-state index in [2.05, 4.69) is 15.4 Å². The minimum atomic E-state index is -0.805. The van der Waals surface area contributed by atoms with Gasteiger partial charge in [0, 0.05) is 13.6 Å². The minimum Gasteiger partial charge on any atom is -0.390 e. The van der Waals surface area contributed by atoms with Gasteiger partial charge in [-0.1, -0.05) is 5.21 Å². The van der Waals surface area contributed by atoms with Crippen molar-refractivity contribution in [3.8, 4) is 0 Å². The van der Waals surface area contributed by atoms with Crippen LogP contribution in [0.3, 0.4) is 0 Å². The largest absolute Gasteiger partial charge is 0.390 e. The van der Waals surface area contributed by atoms with Crippen molar-refractivity contribution in [2.24, 2.45) is 12.8 Å². The van der Waals surface area contributed by atoms with Crippen LogP contribution in [0.15, 0.2) is 11.0 Å². The summed E-state index contributed by atoms with van der Waals surface area (Å²) in [5.74, 6) is 0. The van der Waals surface area contributed by atoms with Crippen LogP contribution in [0.1, 0.15) is 0 Å². The second-order valence-corrected chi connectivity index (χ2v) is 3.47. The number of aromatic nitrogens is 5. The summed E-state index contributed by atoms with van der Waals surface area (Å²) in [5, 5.41) is 21.2. The summed E-state index contributed by atoms with van der Waals surface area (Å²) in [6.45, 7) is 0.104. The Labute approximate surface area is 90.3 Å². The zero-order chi connectivity index (χ0) is 11.7. The molecule has 0 aliphatic heterocycles. The molecule has 0 radical (unpaired) electrons. The van der Waals surface area contributed by atoms with E-state index in [1.165, 1.54) is 10.9 Å². The minimum absolute atomic E-state index is 0.0349. The normalized spacial score (nSPS) is 13.2. The zero-order valence-electron chi connectivity index (χ0n) is 8.74. The van der Waals surface area contributed by atoms with E-state index in [0.717, 1.165) is 4.68 Å². The highest BCUT2D eigenvalue weighted by atomic mass is 16.3. The lowest BCUT2D eigenvalue weighted by Gasteiger charge is -2.07. The van der Waals surface area contributed by atoms with E-state index in [0.29, 0.717) is 11.0 Å². The van der Waals surface area contributed by atoms with E-state index in [1.807, 2.05) is 0 Å². The van der Waals surface area contributed by atoms with Gasteiger partial charge in [-0.15, -0.1) is 5.10 Å². The van der Waals surface area contributed by atoms with E-state index in [-0.39, 0.29) is 18.6 Å². The lowest BCUT2D eigenvalue weighted by Crippen LogP contribution is -2.33. The van der Waals surface area contributed by atoms with Gasteiger partial charge < -0.3 is 10.8 Å². The molecule has 0 bridgehead atoms. The summed E-state index contributed by atoms with van der Waals surface area (Å²) in [6, 6.07) is 0. The lowest BCUT2D eigenvalue weighted by atomic mass is 10.3. The molecule has 0 aliphatic rings. The van der Waals surface area contributed by atoms with Crippen LogP contribution >= 0.6 is 0 Å². The summed E-state index contributed by atoms with van der Waals surface area (Å²) in [7, 11) is 1.68. The number of aliphatic hydroxyl groups excluding tert-OH is 1. The van der Waals surface area contributed by atoms with E-state index in [1.54, 1.807) is 7.05 Å². The van der Waals surface area contributed by atoms with E-state index in [9.17, 15) is 9.90 Å². The predicted octanol–water partition coefficient (Wildman–Crippen LogP) is -2.16. The van der Waals surface area contributed by atoms with Crippen molar-refractivity contribution in [1.29, 1.82) is 0 Å². The Morgan fingerprint density at radius 3 is 3.06 bits per heavy atom. The summed E-state index contributed by atoms with van der Waals surface area (Å²) in [6.07, 6.45) is 0.624. The van der Waals surface area contributed by atoms with Crippen LogP contribution < -0.4 is 11.3 Å². The predicted molar refractivity (Wildman–Crippen MR) is 55.6 cm³/mol. The molecular weight excluding hydrogens is 212 g/mol. The van der Waals surface area contributed by atoms with Gasteiger partial charge in [0.25, 0.3) is 5.56 Å². The highest BCUT2D eigenvalue weighted by molar-refractivity contribution is 5.72. The van der Waals surface area contributed by atoms with E-state index in [4.69, 9.17) is 5.73 Å². The first-order chi connectivity index (χ1) is 7.63. The van der Waals surface area contributed by atoms with Crippen LogP contribution in [0.25, 0.3) is 11.0 Å². The van der Waals surface area contributed by atoms with Crippen molar-refractivity contribution in [2.75, 3.05) is 6.54 Å². The zero-order valence-corrected chi connectivity index (χ0v) is 8.74. The average Bonchev–Trinajstić information content (AvgIpc) is 2.65. The molecule has 0 amide bonds. The van der Waals surface area contributed by atoms with Crippen LogP contribution in [0.2, 0.25) is 0 Å². The maximum atomic E-state index is 11.8. The molecule has 2 rings (SSSR count). The van der Waals surface area contributed by atoms with Crippen molar-refractivity contribution >= 4 is 11.0 Å². The van der Waals surface area contributed by atoms with Gasteiger partial charge in [-0.2, -0.15) is 5.10 Å². The molecule has 86 valence electrons. The van der Waals surface area contributed by atoms with Crippen LogP contribution in [0.5, 0.6) is 0 Å². The Bertz CT molecular complexity index is 559. The number of nitrogens with zero attached hydrogens (tertiary/aromatic N) is 5. The Hall–Kier alpha value is -1.80. The van der Waals surface area contributed by atoms with Crippen molar-refractivity contribution in [3.63, 3.8) is 0 Å². The summed E-state index contributed by atoms with van der Waals surface area (Å²) in [5.41, 5.74) is 5.35. The van der Waals surface area contributed by atoms with Gasteiger partial charge in [0.2, 0.25) is 0 Å². The second kappa shape index (κ2) is 3.99. The maximum absolute atomic E-state index is 11.8. The fraction of sp³-hybridized carbons (Fsp3) is 0.500. The average molecular weight is 224 g/mol. The second-order valence-electron chi connectivity index (χ2n) is 3.47. The number of rotatable bonds is 3. The standard InChI is InChI=1S/C8H12N6O2/c1-13-7-6(3-10-13)8(16)14(12-11-7)4-5(15)2-9/h3,5,15H,2,4,9H2,1H3. The molecule has 0 saturated heterocycles. The molecule has 0 saturated carbocycles. The molecule has 1 unspecified atom stereocenters. The molecule has 2 aromatic heterocycles. The Morgan fingerprint density at radius 2 is 2.38 bits per heavy atom. The van der Waals surface area contributed by atoms with Crippen LogP contribution in [-0.2, 0) is 13.6 Å². The highest BCUT2D eigenvalue weighted by Crippen LogP contribution is 2.01. The van der Waals surface area contributed by atoms with Gasteiger partial charge in [0.1, 0.15) is 5.39 Å². The van der Waals surface area contributed by atoms with Crippen molar-refractivity contribution in [3.05, 3.63) is 16.6 Å². The molecule has 0 aliphatic carbocycles. The third-order valence-electron chi connectivity index (χ3n) is 2.28. The van der Waals surface area contributed by atoms with Crippen LogP contribution in [0, 0.1) is 0 Å². The number of hydrogen-bond donors (Lipinski definition) is 2. The number of hydrogen-bond acceptors (Lipinski definition) is 6. The van der Waals surface area contributed by atoms with E-state index < -0.39 is 6.10 Å². The van der Waals surface area contributed by atoms with Crippen molar-refractivity contribution < 1.29 is 5.11 Å². The molecule has 1 atom stereocenters. The number of aliphatic hydroxyl groups is 1. The molecule has 2 heterocycles. The van der Waals surface area contributed by atoms with Gasteiger partial charge in [0.05, 0.1) is 18.8 Å². The fourth-order valence-electron chi connectivity index (χ4n) is 1.37. The molecule has 0 fully saturated rings. The third-order valence-corrected chi connectivity index (χ3v) is 2.28. The highest BCUT2D eigenvalue weighted by Gasteiger charge is 2.11. The smallest absolute Gasteiger partial charge is 0.280 e. The maximum Gasteiger partial charge on any atom is 0.280 e. The summed E-state index contributed by atoms with van der Waals surface area (Å²) in [4.78, 5) is 11.8. The molecule has 2 aromatic rings. The molecule has 8 heteroatoms. The molecule has 0 spiro atoms. The summed E-state index contributed by atoms with van der Waals surface area (Å²) >= 11 is 0. The topological polar surface area (TPSA) is 112 Å². The molecule has 8 nitrogen and oxygen atoms in total. The molecule has 3 N–H and O–H groups in total. The first-order valence-electron chi connectivity index (χ1n) is 4.77. The Balaban J connectivity index is 2.49. The van der Waals surface area contributed by atoms with Gasteiger partial charge >= 0.3 is 0 Å². The van der Waals surface area contributed by atoms with Gasteiger partial charge in [-0.05, 0) is 0 Å². The lowest BCUT2D eigenvalue weighted by molar-refractivity contribution is 0.154. The van der Waals surface area contributed by atoms with Gasteiger partial charge in [-0.3, -0.25) is 4.79 Å². The van der Waals surface area contributed by atoms with E-state index >= 15 is 0 Å². The Morgan fingerprint density at radius 1 is 1.62 bits per heavy atom. The van der Waals surface area contributed by atoms with Gasteiger partial charge in [0.15, 0.2) is 5.65 Å². The quantitative estimate of drug-likeness (QED) is 0.614. The number of fused-ring (bicyclic) bond motifs is 1. The third kappa shape index (κ3) is 1.68. The molecule has 0 aromatic carbocycles. The Kier molecular flexibility index (Phi) is 2.67. The monoisotopic (exact) mass is 224 g/mol. The van der Waals surface area contributed by atoms with Crippen LogP contribution in [0.4, 0.5) is 0 Å². The molecule has 16 heavy (non-hydrogen) atoms. The number of aryl methyl sites for hydroxylation is 1. The van der Waals surface area contributed by atoms with Crippen molar-refractivity contribution in [2.45, 2.75) is 12.6 Å².